The molecule has 92 valence electrons. The zero-order valence-corrected chi connectivity index (χ0v) is 10.7. The predicted molar refractivity (Wildman–Crippen MR) is 75.1 cm³/mol. The van der Waals surface area contributed by atoms with Crippen molar-refractivity contribution in [1.82, 2.24) is 4.98 Å². The van der Waals surface area contributed by atoms with Crippen LogP contribution >= 0.6 is 12.2 Å². The number of hydrogen-bond donors (Lipinski definition) is 1. The van der Waals surface area contributed by atoms with Gasteiger partial charge in [0.2, 0.25) is 0 Å². The Bertz CT molecular complexity index is 528. The summed E-state index contributed by atoms with van der Waals surface area (Å²) in [6.45, 7) is 1.02. The molecule has 0 aliphatic carbocycles. The molecular formula is C14H14N2OS. The summed E-state index contributed by atoms with van der Waals surface area (Å²) in [4.78, 5) is 4.46. The fourth-order valence-corrected chi connectivity index (χ4v) is 1.81. The van der Waals surface area contributed by atoms with Gasteiger partial charge in [-0.15, -0.1) is 0 Å². The third-order valence-corrected chi connectivity index (χ3v) is 2.69. The van der Waals surface area contributed by atoms with Crippen LogP contribution in [-0.4, -0.2) is 9.97 Å². The molecule has 18 heavy (non-hydrogen) atoms. The van der Waals surface area contributed by atoms with Crippen LogP contribution in [0.2, 0.25) is 0 Å². The molecule has 0 unspecified atom stereocenters. The molecule has 2 N–H and O–H groups in total. The monoisotopic (exact) mass is 258 g/mol. The lowest BCUT2D eigenvalue weighted by atomic mass is 10.2. The predicted octanol–water partition coefficient (Wildman–Crippen LogP) is 2.43. The first-order chi connectivity index (χ1) is 8.77. The highest BCUT2D eigenvalue weighted by Gasteiger charge is 2.05. The van der Waals surface area contributed by atoms with E-state index in [9.17, 15) is 0 Å². The van der Waals surface area contributed by atoms with Gasteiger partial charge in [0, 0.05) is 11.8 Å². The van der Waals surface area contributed by atoms with E-state index >= 15 is 0 Å². The average molecular weight is 258 g/mol. The minimum atomic E-state index is 0.300. The lowest BCUT2D eigenvalue weighted by molar-refractivity contribution is 0.107. The molecule has 0 atom stereocenters. The molecule has 2 aromatic rings. The molecule has 2 rings (SSSR count). The molecule has 0 spiro atoms. The highest BCUT2D eigenvalue weighted by Crippen LogP contribution is 2.09. The van der Waals surface area contributed by atoms with Crippen molar-refractivity contribution < 1.29 is 4.74 Å². The van der Waals surface area contributed by atoms with Gasteiger partial charge < -0.3 is 10.5 Å². The Labute approximate surface area is 112 Å². The van der Waals surface area contributed by atoms with Crippen LogP contribution < -0.4 is 5.73 Å². The van der Waals surface area contributed by atoms with E-state index in [1.54, 1.807) is 6.20 Å². The van der Waals surface area contributed by atoms with Crippen molar-refractivity contribution >= 4 is 17.2 Å². The Morgan fingerprint density at radius 2 is 1.89 bits per heavy atom. The van der Waals surface area contributed by atoms with Crippen molar-refractivity contribution in [1.29, 1.82) is 0 Å². The molecule has 0 fully saturated rings. The summed E-state index contributed by atoms with van der Waals surface area (Å²) in [5.41, 5.74) is 8.31. The van der Waals surface area contributed by atoms with Crippen molar-refractivity contribution in [2.24, 2.45) is 5.73 Å². The van der Waals surface area contributed by atoms with E-state index in [2.05, 4.69) is 4.98 Å². The van der Waals surface area contributed by atoms with Crippen LogP contribution in [0.25, 0.3) is 0 Å². The SMILES string of the molecule is NC(=S)c1ncccc1COCc1ccccc1. The first kappa shape index (κ1) is 12.7. The molecule has 0 aliphatic heterocycles. The fraction of sp³-hybridized carbons (Fsp3) is 0.143. The number of benzene rings is 1. The van der Waals surface area contributed by atoms with Crippen LogP contribution in [-0.2, 0) is 18.0 Å². The lowest BCUT2D eigenvalue weighted by Crippen LogP contribution is -2.14. The van der Waals surface area contributed by atoms with Gasteiger partial charge in [0.1, 0.15) is 10.7 Å². The maximum Gasteiger partial charge on any atom is 0.123 e. The van der Waals surface area contributed by atoms with Gasteiger partial charge in [-0.3, -0.25) is 4.98 Å². The molecule has 3 nitrogen and oxygen atoms in total. The van der Waals surface area contributed by atoms with Crippen LogP contribution in [0.5, 0.6) is 0 Å². The number of nitrogens with two attached hydrogens (primary N) is 1. The number of rotatable bonds is 5. The number of nitrogens with zero attached hydrogens (tertiary/aromatic N) is 1. The second kappa shape index (κ2) is 6.23. The fourth-order valence-electron chi connectivity index (χ4n) is 1.63. The van der Waals surface area contributed by atoms with Crippen molar-refractivity contribution in [3.05, 3.63) is 65.5 Å². The quantitative estimate of drug-likeness (QED) is 0.837. The molecule has 0 saturated heterocycles. The number of ether oxygens (including phenoxy) is 1. The average Bonchev–Trinajstić information content (AvgIpc) is 2.40. The Hall–Kier alpha value is -1.78. The number of aromatic nitrogens is 1. The van der Waals surface area contributed by atoms with Gasteiger partial charge >= 0.3 is 0 Å². The van der Waals surface area contributed by atoms with E-state index in [1.165, 1.54) is 0 Å². The van der Waals surface area contributed by atoms with Crippen LogP contribution in [0.3, 0.4) is 0 Å². The first-order valence-corrected chi connectivity index (χ1v) is 6.03. The summed E-state index contributed by atoms with van der Waals surface area (Å²) >= 11 is 4.95. The summed E-state index contributed by atoms with van der Waals surface area (Å²) in [5, 5.41) is 0. The molecular weight excluding hydrogens is 244 g/mol. The summed E-state index contributed by atoms with van der Waals surface area (Å²) < 4.78 is 5.64. The Kier molecular flexibility index (Phi) is 4.39. The van der Waals surface area contributed by atoms with E-state index in [0.29, 0.717) is 23.9 Å². The zero-order valence-electron chi connectivity index (χ0n) is 9.87. The highest BCUT2D eigenvalue weighted by molar-refractivity contribution is 7.80. The summed E-state index contributed by atoms with van der Waals surface area (Å²) in [5.74, 6) is 0. The molecule has 0 saturated carbocycles. The third-order valence-electron chi connectivity index (χ3n) is 2.49. The van der Waals surface area contributed by atoms with Gasteiger partial charge in [-0.1, -0.05) is 48.6 Å². The van der Waals surface area contributed by atoms with E-state index < -0.39 is 0 Å². The van der Waals surface area contributed by atoms with Crippen LogP contribution in [0.4, 0.5) is 0 Å². The minimum absolute atomic E-state index is 0.300. The van der Waals surface area contributed by atoms with Crippen molar-refractivity contribution in [2.75, 3.05) is 0 Å². The van der Waals surface area contributed by atoms with E-state index in [4.69, 9.17) is 22.7 Å². The maximum absolute atomic E-state index is 5.64. The zero-order chi connectivity index (χ0) is 12.8. The largest absolute Gasteiger partial charge is 0.388 e. The normalized spacial score (nSPS) is 10.2. The first-order valence-electron chi connectivity index (χ1n) is 5.63. The molecule has 0 bridgehead atoms. The number of thiocarbonyl (C=S) groups is 1. The maximum atomic E-state index is 5.64. The van der Waals surface area contributed by atoms with Gasteiger partial charge in [0.05, 0.1) is 13.2 Å². The molecule has 1 heterocycles. The van der Waals surface area contributed by atoms with Crippen LogP contribution in [0, 0.1) is 0 Å². The van der Waals surface area contributed by atoms with E-state index in [1.807, 2.05) is 42.5 Å². The Morgan fingerprint density at radius 1 is 1.11 bits per heavy atom. The highest BCUT2D eigenvalue weighted by atomic mass is 32.1. The standard InChI is InChI=1S/C14H14N2OS/c15-14(18)13-12(7-4-8-16-13)10-17-9-11-5-2-1-3-6-11/h1-8H,9-10H2,(H2,15,18). The molecule has 1 aromatic heterocycles. The molecule has 0 aliphatic rings. The molecule has 1 aromatic carbocycles. The molecule has 0 amide bonds. The van der Waals surface area contributed by atoms with Gasteiger partial charge in [0.15, 0.2) is 0 Å². The van der Waals surface area contributed by atoms with Crippen LogP contribution in [0.15, 0.2) is 48.7 Å². The lowest BCUT2D eigenvalue weighted by Gasteiger charge is -2.08. The van der Waals surface area contributed by atoms with Gasteiger partial charge in [0.25, 0.3) is 0 Å². The smallest absolute Gasteiger partial charge is 0.123 e. The van der Waals surface area contributed by atoms with Crippen molar-refractivity contribution in [3.8, 4) is 0 Å². The number of pyridine rings is 1. The second-order valence-corrected chi connectivity index (χ2v) is 4.29. The van der Waals surface area contributed by atoms with Crippen molar-refractivity contribution in [2.45, 2.75) is 13.2 Å². The van der Waals surface area contributed by atoms with Crippen LogP contribution in [0.1, 0.15) is 16.8 Å². The van der Waals surface area contributed by atoms with Crippen molar-refractivity contribution in [3.63, 3.8) is 0 Å². The van der Waals surface area contributed by atoms with Gasteiger partial charge in [-0.2, -0.15) is 0 Å². The molecule has 4 heteroatoms. The number of hydrogen-bond acceptors (Lipinski definition) is 3. The summed E-state index contributed by atoms with van der Waals surface area (Å²) in [7, 11) is 0. The third kappa shape index (κ3) is 3.35. The van der Waals surface area contributed by atoms with Gasteiger partial charge in [-0.25, -0.2) is 0 Å². The second-order valence-electron chi connectivity index (χ2n) is 3.85. The van der Waals surface area contributed by atoms with Gasteiger partial charge in [-0.05, 0) is 11.6 Å². The van der Waals surface area contributed by atoms with E-state index in [0.717, 1.165) is 11.1 Å². The Morgan fingerprint density at radius 3 is 2.61 bits per heavy atom. The minimum Gasteiger partial charge on any atom is -0.388 e. The molecule has 0 radical (unpaired) electrons. The summed E-state index contributed by atoms with van der Waals surface area (Å²) in [6, 6.07) is 13.8. The Balaban J connectivity index is 1.97. The van der Waals surface area contributed by atoms with E-state index in [-0.39, 0.29) is 0 Å². The summed E-state index contributed by atoms with van der Waals surface area (Å²) in [6.07, 6.45) is 1.68. The topological polar surface area (TPSA) is 48.1 Å².